The minimum Gasteiger partial charge on any atom is -0.313 e. The van der Waals surface area contributed by atoms with Gasteiger partial charge in [0.1, 0.15) is 0 Å². The number of hydrogen-bond acceptors (Lipinski definition) is 2. The zero-order chi connectivity index (χ0) is 14.5. The molecule has 2 nitrogen and oxygen atoms in total. The molecule has 1 aliphatic rings. The molecule has 0 spiro atoms. The standard InChI is InChI=1S/C16H24F2N2/c1-3-19-12(2)15-9-4-5-10-20(15)11-13-7-6-8-14(17)16(13)18/h6-8,12,15,19H,3-5,9-11H2,1-2H3. The lowest BCUT2D eigenvalue weighted by atomic mass is 9.95. The van der Waals surface area contributed by atoms with Crippen LogP contribution in [0.25, 0.3) is 0 Å². The van der Waals surface area contributed by atoms with Gasteiger partial charge in [0.15, 0.2) is 11.6 Å². The monoisotopic (exact) mass is 282 g/mol. The Bertz CT molecular complexity index is 436. The Balaban J connectivity index is 2.10. The minimum absolute atomic E-state index is 0.372. The number of hydrogen-bond donors (Lipinski definition) is 1. The van der Waals surface area contributed by atoms with Crippen LogP contribution in [0, 0.1) is 11.6 Å². The molecule has 0 aliphatic carbocycles. The van der Waals surface area contributed by atoms with Gasteiger partial charge in [-0.25, -0.2) is 8.78 Å². The zero-order valence-corrected chi connectivity index (χ0v) is 12.3. The Morgan fingerprint density at radius 2 is 2.15 bits per heavy atom. The lowest BCUT2D eigenvalue weighted by molar-refractivity contribution is 0.111. The van der Waals surface area contributed by atoms with Crippen molar-refractivity contribution in [2.45, 2.75) is 51.7 Å². The topological polar surface area (TPSA) is 15.3 Å². The number of nitrogens with zero attached hydrogens (tertiary/aromatic N) is 1. The number of halogens is 2. The lowest BCUT2D eigenvalue weighted by Gasteiger charge is -2.39. The third kappa shape index (κ3) is 3.55. The van der Waals surface area contributed by atoms with E-state index in [2.05, 4.69) is 24.1 Å². The van der Waals surface area contributed by atoms with E-state index in [1.54, 1.807) is 12.1 Å². The first-order valence-corrected chi connectivity index (χ1v) is 7.53. The van der Waals surface area contributed by atoms with Crippen LogP contribution in [0.2, 0.25) is 0 Å². The first kappa shape index (κ1) is 15.4. The molecule has 2 atom stereocenters. The number of nitrogens with one attached hydrogen (secondary N) is 1. The third-order valence-corrected chi connectivity index (χ3v) is 4.17. The molecule has 20 heavy (non-hydrogen) atoms. The lowest BCUT2D eigenvalue weighted by Crippen LogP contribution is -2.50. The van der Waals surface area contributed by atoms with Gasteiger partial charge in [-0.15, -0.1) is 0 Å². The predicted octanol–water partition coefficient (Wildman–Crippen LogP) is 3.32. The highest BCUT2D eigenvalue weighted by atomic mass is 19.2. The maximum absolute atomic E-state index is 13.8. The van der Waals surface area contributed by atoms with Gasteiger partial charge in [-0.3, -0.25) is 4.90 Å². The molecule has 1 fully saturated rings. The highest BCUT2D eigenvalue weighted by molar-refractivity contribution is 5.19. The fraction of sp³-hybridized carbons (Fsp3) is 0.625. The summed E-state index contributed by atoms with van der Waals surface area (Å²) in [6.07, 6.45) is 3.46. The first-order chi connectivity index (χ1) is 9.63. The largest absolute Gasteiger partial charge is 0.313 e. The van der Waals surface area contributed by atoms with Crippen LogP contribution in [0.3, 0.4) is 0 Å². The Morgan fingerprint density at radius 3 is 2.90 bits per heavy atom. The normalized spacial score (nSPS) is 21.9. The van der Waals surface area contributed by atoms with Crippen LogP contribution in [0.15, 0.2) is 18.2 Å². The van der Waals surface area contributed by atoms with Gasteiger partial charge in [0, 0.05) is 24.2 Å². The Labute approximate surface area is 120 Å². The van der Waals surface area contributed by atoms with Gasteiger partial charge >= 0.3 is 0 Å². The van der Waals surface area contributed by atoms with E-state index in [1.165, 1.54) is 12.5 Å². The van der Waals surface area contributed by atoms with Crippen molar-refractivity contribution < 1.29 is 8.78 Å². The van der Waals surface area contributed by atoms with E-state index in [0.717, 1.165) is 25.9 Å². The molecule has 1 N–H and O–H groups in total. The fourth-order valence-corrected chi connectivity index (χ4v) is 3.13. The second-order valence-electron chi connectivity index (χ2n) is 5.59. The molecule has 1 aromatic carbocycles. The van der Waals surface area contributed by atoms with Gasteiger partial charge < -0.3 is 5.32 Å². The highest BCUT2D eigenvalue weighted by Crippen LogP contribution is 2.23. The average Bonchev–Trinajstić information content (AvgIpc) is 2.45. The van der Waals surface area contributed by atoms with Gasteiger partial charge in [0.25, 0.3) is 0 Å². The molecule has 0 bridgehead atoms. The molecular weight excluding hydrogens is 258 g/mol. The summed E-state index contributed by atoms with van der Waals surface area (Å²) in [6.45, 7) is 6.64. The molecule has 112 valence electrons. The van der Waals surface area contributed by atoms with Crippen LogP contribution < -0.4 is 5.32 Å². The molecule has 2 rings (SSSR count). The SMILES string of the molecule is CCNC(C)C1CCCCN1Cc1cccc(F)c1F. The van der Waals surface area contributed by atoms with E-state index in [0.29, 0.717) is 24.2 Å². The maximum Gasteiger partial charge on any atom is 0.163 e. The van der Waals surface area contributed by atoms with Crippen molar-refractivity contribution in [3.63, 3.8) is 0 Å². The quantitative estimate of drug-likeness (QED) is 0.891. The number of piperidine rings is 1. The molecule has 4 heteroatoms. The van der Waals surface area contributed by atoms with E-state index in [9.17, 15) is 8.78 Å². The van der Waals surface area contributed by atoms with Crippen LogP contribution in [-0.2, 0) is 6.54 Å². The van der Waals surface area contributed by atoms with Gasteiger partial charge in [-0.05, 0) is 38.9 Å². The summed E-state index contributed by atoms with van der Waals surface area (Å²) in [4.78, 5) is 2.29. The summed E-state index contributed by atoms with van der Waals surface area (Å²) in [5.74, 6) is -1.45. The van der Waals surface area contributed by atoms with Crippen LogP contribution in [-0.4, -0.2) is 30.1 Å². The summed E-state index contributed by atoms with van der Waals surface area (Å²) >= 11 is 0. The van der Waals surface area contributed by atoms with Crippen LogP contribution in [0.1, 0.15) is 38.7 Å². The third-order valence-electron chi connectivity index (χ3n) is 4.17. The van der Waals surface area contributed by atoms with Gasteiger partial charge in [0.2, 0.25) is 0 Å². The van der Waals surface area contributed by atoms with Crippen LogP contribution >= 0.6 is 0 Å². The van der Waals surface area contributed by atoms with Gasteiger partial charge in [-0.1, -0.05) is 25.5 Å². The molecule has 1 saturated heterocycles. The number of likely N-dealkylation sites (tertiary alicyclic amines) is 1. The Hall–Kier alpha value is -1.00. The summed E-state index contributed by atoms with van der Waals surface area (Å²) in [7, 11) is 0. The minimum atomic E-state index is -0.754. The second kappa shape index (κ2) is 7.14. The van der Waals surface area contributed by atoms with Gasteiger partial charge in [0.05, 0.1) is 0 Å². The Morgan fingerprint density at radius 1 is 1.35 bits per heavy atom. The van der Waals surface area contributed by atoms with Gasteiger partial charge in [-0.2, -0.15) is 0 Å². The Kier molecular flexibility index (Phi) is 5.49. The summed E-state index contributed by atoms with van der Waals surface area (Å²) in [5.41, 5.74) is 0.459. The number of rotatable bonds is 5. The van der Waals surface area contributed by atoms with Crippen LogP contribution in [0.5, 0.6) is 0 Å². The van der Waals surface area contributed by atoms with Crippen molar-refractivity contribution in [3.8, 4) is 0 Å². The molecule has 0 radical (unpaired) electrons. The summed E-state index contributed by atoms with van der Waals surface area (Å²) in [6, 6.07) is 5.21. The van der Waals surface area contributed by atoms with Crippen molar-refractivity contribution >= 4 is 0 Å². The van der Waals surface area contributed by atoms with E-state index >= 15 is 0 Å². The fourth-order valence-electron chi connectivity index (χ4n) is 3.13. The first-order valence-electron chi connectivity index (χ1n) is 7.53. The molecule has 0 amide bonds. The number of benzene rings is 1. The van der Waals surface area contributed by atoms with Crippen molar-refractivity contribution in [1.82, 2.24) is 10.2 Å². The summed E-state index contributed by atoms with van der Waals surface area (Å²) in [5, 5.41) is 3.45. The van der Waals surface area contributed by atoms with E-state index in [4.69, 9.17) is 0 Å². The molecule has 0 aromatic heterocycles. The van der Waals surface area contributed by atoms with E-state index in [1.807, 2.05) is 0 Å². The van der Waals surface area contributed by atoms with Crippen LogP contribution in [0.4, 0.5) is 8.78 Å². The smallest absolute Gasteiger partial charge is 0.163 e. The van der Waals surface area contributed by atoms with Crippen molar-refractivity contribution in [1.29, 1.82) is 0 Å². The maximum atomic E-state index is 13.8. The second-order valence-corrected chi connectivity index (χ2v) is 5.59. The molecule has 1 aliphatic heterocycles. The average molecular weight is 282 g/mol. The molecule has 1 heterocycles. The number of likely N-dealkylation sites (N-methyl/N-ethyl adjacent to an activating group) is 1. The molecule has 1 aromatic rings. The molecule has 2 unspecified atom stereocenters. The van der Waals surface area contributed by atoms with Crippen molar-refractivity contribution in [2.75, 3.05) is 13.1 Å². The van der Waals surface area contributed by atoms with E-state index < -0.39 is 11.6 Å². The zero-order valence-electron chi connectivity index (χ0n) is 12.3. The summed E-state index contributed by atoms with van der Waals surface area (Å²) < 4.78 is 27.1. The molecular formula is C16H24F2N2. The van der Waals surface area contributed by atoms with E-state index in [-0.39, 0.29) is 0 Å². The van der Waals surface area contributed by atoms with Crippen molar-refractivity contribution in [3.05, 3.63) is 35.4 Å². The predicted molar refractivity (Wildman–Crippen MR) is 77.5 cm³/mol. The molecule has 0 saturated carbocycles. The highest BCUT2D eigenvalue weighted by Gasteiger charge is 2.27. The van der Waals surface area contributed by atoms with Crippen molar-refractivity contribution in [2.24, 2.45) is 0 Å².